The number of fused-ring (bicyclic) bond motifs is 1. The molecule has 3 aromatic rings. The molecule has 25 heavy (non-hydrogen) atoms. The van der Waals surface area contributed by atoms with Crippen LogP contribution in [0.25, 0.3) is 16.9 Å². The second-order valence-corrected chi connectivity index (χ2v) is 7.58. The van der Waals surface area contributed by atoms with Gasteiger partial charge in [0, 0.05) is 30.6 Å². The Kier molecular flexibility index (Phi) is 5.56. The Hall–Kier alpha value is -1.70. The van der Waals surface area contributed by atoms with Crippen LogP contribution < -0.4 is 5.32 Å². The fourth-order valence-corrected chi connectivity index (χ4v) is 3.79. The third kappa shape index (κ3) is 3.94. The first-order chi connectivity index (χ1) is 12.0. The van der Waals surface area contributed by atoms with E-state index in [1.165, 1.54) is 0 Å². The normalized spacial score (nSPS) is 12.0. The summed E-state index contributed by atoms with van der Waals surface area (Å²) in [6.07, 6.45) is 1.76. The van der Waals surface area contributed by atoms with Gasteiger partial charge < -0.3 is 5.32 Å². The highest BCUT2D eigenvalue weighted by Gasteiger charge is 2.16. The van der Waals surface area contributed by atoms with Crippen molar-refractivity contribution in [3.05, 3.63) is 28.4 Å². The molecule has 0 unspecified atom stereocenters. The smallest absolute Gasteiger partial charge is 0.226 e. The summed E-state index contributed by atoms with van der Waals surface area (Å²) in [7, 11) is 0. The van der Waals surface area contributed by atoms with Crippen LogP contribution in [-0.2, 0) is 0 Å². The van der Waals surface area contributed by atoms with Crippen LogP contribution in [0.15, 0.2) is 23.2 Å². The van der Waals surface area contributed by atoms with Crippen LogP contribution >= 0.6 is 22.9 Å². The number of rotatable bonds is 7. The van der Waals surface area contributed by atoms with Gasteiger partial charge in [-0.2, -0.15) is 21.3 Å². The third-order valence-electron chi connectivity index (χ3n) is 4.14. The molecule has 0 saturated heterocycles. The molecule has 6 nitrogen and oxygen atoms in total. The molecular formula is C17H23ClN6S. The molecule has 3 heterocycles. The molecule has 0 aliphatic carbocycles. The molecule has 0 fully saturated rings. The molecule has 0 bridgehead atoms. The quantitative estimate of drug-likeness (QED) is 0.628. The minimum atomic E-state index is 0.219. The Balaban J connectivity index is 1.82. The summed E-state index contributed by atoms with van der Waals surface area (Å²) in [5.41, 5.74) is 2.47. The molecule has 3 aromatic heterocycles. The van der Waals surface area contributed by atoms with Crippen molar-refractivity contribution in [3.8, 4) is 5.69 Å². The number of thiophene rings is 1. The van der Waals surface area contributed by atoms with E-state index in [9.17, 15) is 0 Å². The van der Waals surface area contributed by atoms with Crippen LogP contribution in [0.2, 0.25) is 5.28 Å². The second-order valence-electron chi connectivity index (χ2n) is 6.46. The number of hydrogen-bond acceptors (Lipinski definition) is 6. The number of halogens is 1. The van der Waals surface area contributed by atoms with Crippen LogP contribution in [0.4, 0.5) is 5.82 Å². The largest absolute Gasteiger partial charge is 0.367 e. The fraction of sp³-hybridized carbons (Fsp3) is 0.471. The zero-order chi connectivity index (χ0) is 18.0. The maximum Gasteiger partial charge on any atom is 0.226 e. The van der Waals surface area contributed by atoms with Gasteiger partial charge in [0.15, 0.2) is 17.0 Å². The Morgan fingerprint density at radius 3 is 2.64 bits per heavy atom. The highest BCUT2D eigenvalue weighted by Crippen LogP contribution is 2.24. The number of hydrogen-bond donors (Lipinski definition) is 1. The summed E-state index contributed by atoms with van der Waals surface area (Å²) in [6, 6.07) is 3.01. The van der Waals surface area contributed by atoms with Gasteiger partial charge in [0.1, 0.15) is 6.33 Å². The molecule has 0 spiro atoms. The zero-order valence-corrected chi connectivity index (χ0v) is 16.5. The van der Waals surface area contributed by atoms with Gasteiger partial charge in [0.2, 0.25) is 5.28 Å². The van der Waals surface area contributed by atoms with E-state index in [4.69, 9.17) is 11.6 Å². The summed E-state index contributed by atoms with van der Waals surface area (Å²) >= 11 is 7.78. The lowest BCUT2D eigenvalue weighted by atomic mass is 10.2. The van der Waals surface area contributed by atoms with E-state index in [0.29, 0.717) is 23.5 Å². The molecular weight excluding hydrogens is 356 g/mol. The van der Waals surface area contributed by atoms with Crippen molar-refractivity contribution in [2.45, 2.75) is 39.8 Å². The SMILES string of the molecule is CC(C)N(CCNc1nc(Cl)nc2c1ncn2-c1ccsc1)C(C)C. The van der Waals surface area contributed by atoms with E-state index < -0.39 is 0 Å². The predicted molar refractivity (Wildman–Crippen MR) is 105 cm³/mol. The minimum Gasteiger partial charge on any atom is -0.367 e. The number of imidazole rings is 1. The van der Waals surface area contributed by atoms with E-state index in [0.717, 1.165) is 24.3 Å². The Labute approximate surface area is 156 Å². The first-order valence-corrected chi connectivity index (χ1v) is 9.72. The maximum atomic E-state index is 6.15. The Morgan fingerprint density at radius 1 is 1.24 bits per heavy atom. The second kappa shape index (κ2) is 7.68. The molecule has 0 aromatic carbocycles. The molecule has 8 heteroatoms. The maximum absolute atomic E-state index is 6.15. The van der Waals surface area contributed by atoms with Gasteiger partial charge in [-0.3, -0.25) is 9.47 Å². The molecule has 0 aliphatic rings. The van der Waals surface area contributed by atoms with Crippen LogP contribution in [0.5, 0.6) is 0 Å². The summed E-state index contributed by atoms with van der Waals surface area (Å²) < 4.78 is 1.93. The predicted octanol–water partition coefficient (Wildman–Crippen LogP) is 4.06. The molecule has 3 rings (SSSR count). The number of aromatic nitrogens is 4. The standard InChI is InChI=1S/C17H23ClN6S/c1-11(2)23(12(3)4)7-6-19-15-14-16(22-17(18)21-15)24(10-20-14)13-5-8-25-9-13/h5,8-12H,6-7H2,1-4H3,(H,19,21,22). The van der Waals surface area contributed by atoms with E-state index in [1.807, 2.05) is 21.4 Å². The molecule has 134 valence electrons. The molecule has 0 saturated carbocycles. The Bertz CT molecular complexity index is 819. The first kappa shape index (κ1) is 18.1. The van der Waals surface area contributed by atoms with Crippen molar-refractivity contribution in [1.29, 1.82) is 0 Å². The highest BCUT2D eigenvalue weighted by atomic mass is 35.5. The van der Waals surface area contributed by atoms with E-state index in [2.05, 4.69) is 52.9 Å². The monoisotopic (exact) mass is 378 g/mol. The van der Waals surface area contributed by atoms with E-state index in [1.54, 1.807) is 17.7 Å². The number of nitrogens with one attached hydrogen (secondary N) is 1. The molecule has 0 atom stereocenters. The van der Waals surface area contributed by atoms with Crippen molar-refractivity contribution in [2.24, 2.45) is 0 Å². The summed E-state index contributed by atoms with van der Waals surface area (Å²) in [6.45, 7) is 10.5. The number of anilines is 1. The average Bonchev–Trinajstić information content (AvgIpc) is 3.19. The van der Waals surface area contributed by atoms with Gasteiger partial charge in [-0.1, -0.05) is 0 Å². The first-order valence-electron chi connectivity index (χ1n) is 8.40. The van der Waals surface area contributed by atoms with Crippen LogP contribution in [0.3, 0.4) is 0 Å². The molecule has 0 amide bonds. The zero-order valence-electron chi connectivity index (χ0n) is 14.9. The van der Waals surface area contributed by atoms with Crippen molar-refractivity contribution in [2.75, 3.05) is 18.4 Å². The molecule has 1 N–H and O–H groups in total. The van der Waals surface area contributed by atoms with Crippen LogP contribution in [0, 0.1) is 0 Å². The van der Waals surface area contributed by atoms with Crippen LogP contribution in [-0.4, -0.2) is 49.6 Å². The van der Waals surface area contributed by atoms with Gasteiger partial charge in [0.25, 0.3) is 0 Å². The lowest BCUT2D eigenvalue weighted by Gasteiger charge is -2.30. The lowest BCUT2D eigenvalue weighted by Crippen LogP contribution is -2.40. The molecule has 0 aliphatic heterocycles. The summed E-state index contributed by atoms with van der Waals surface area (Å²) in [5, 5.41) is 7.67. The van der Waals surface area contributed by atoms with Crippen LogP contribution in [0.1, 0.15) is 27.7 Å². The van der Waals surface area contributed by atoms with E-state index in [-0.39, 0.29) is 5.28 Å². The lowest BCUT2D eigenvalue weighted by molar-refractivity contribution is 0.182. The van der Waals surface area contributed by atoms with Crippen molar-refractivity contribution in [3.63, 3.8) is 0 Å². The number of nitrogens with zero attached hydrogens (tertiary/aromatic N) is 5. The summed E-state index contributed by atoms with van der Waals surface area (Å²) in [4.78, 5) is 15.6. The Morgan fingerprint density at radius 2 is 2.00 bits per heavy atom. The van der Waals surface area contributed by atoms with Gasteiger partial charge in [-0.05, 0) is 50.7 Å². The molecule has 0 radical (unpaired) electrons. The summed E-state index contributed by atoms with van der Waals surface area (Å²) in [5.74, 6) is 0.677. The van der Waals surface area contributed by atoms with Crippen molar-refractivity contribution in [1.82, 2.24) is 24.4 Å². The van der Waals surface area contributed by atoms with Crippen molar-refractivity contribution < 1.29 is 0 Å². The average molecular weight is 379 g/mol. The van der Waals surface area contributed by atoms with Gasteiger partial charge in [-0.15, -0.1) is 0 Å². The van der Waals surface area contributed by atoms with Gasteiger partial charge in [0.05, 0.1) is 5.69 Å². The van der Waals surface area contributed by atoms with Crippen molar-refractivity contribution >= 4 is 39.9 Å². The topological polar surface area (TPSA) is 58.9 Å². The third-order valence-corrected chi connectivity index (χ3v) is 4.98. The van der Waals surface area contributed by atoms with Gasteiger partial charge >= 0.3 is 0 Å². The van der Waals surface area contributed by atoms with E-state index >= 15 is 0 Å². The highest BCUT2D eigenvalue weighted by molar-refractivity contribution is 7.08. The fourth-order valence-electron chi connectivity index (χ4n) is 3.00. The minimum absolute atomic E-state index is 0.219. The van der Waals surface area contributed by atoms with Gasteiger partial charge in [-0.25, -0.2) is 4.98 Å².